The van der Waals surface area contributed by atoms with Crippen LogP contribution in [0.15, 0.2) is 76.4 Å². The number of hydrazone groups is 1. The minimum atomic E-state index is -0.339. The van der Waals surface area contributed by atoms with Gasteiger partial charge in [-0.25, -0.2) is 4.79 Å². The van der Waals surface area contributed by atoms with Crippen molar-refractivity contribution in [2.75, 3.05) is 12.0 Å². The topological polar surface area (TPSA) is 89.6 Å². The van der Waals surface area contributed by atoms with Gasteiger partial charge in [0.05, 0.1) is 24.6 Å². The standard InChI is InChI=1S/C22H18N4O3/c1-2-28-22(27)16-9-7-15(8-10-16)20-12-11-18(29-20)14-24-26-21-19-6-4-3-5-17(19)13-23-25-21/h3-14H,2H2,1H3,(H,25,26)/b24-14+. The first-order chi connectivity index (χ1) is 14.2. The number of carbonyl (C=O) groups is 1. The number of carbonyl (C=O) groups excluding carboxylic acids is 1. The SMILES string of the molecule is CCOC(=O)c1ccc(-c2ccc(/C=N/Nc3nncc4ccccc34)o2)cc1. The van der Waals surface area contributed by atoms with Crippen molar-refractivity contribution < 1.29 is 13.9 Å². The summed E-state index contributed by atoms with van der Waals surface area (Å²) in [7, 11) is 0. The van der Waals surface area contributed by atoms with E-state index in [-0.39, 0.29) is 5.97 Å². The van der Waals surface area contributed by atoms with Gasteiger partial charge in [-0.3, -0.25) is 5.43 Å². The fourth-order valence-electron chi connectivity index (χ4n) is 2.83. The molecule has 0 fully saturated rings. The van der Waals surface area contributed by atoms with E-state index in [4.69, 9.17) is 9.15 Å². The molecule has 4 rings (SSSR count). The second kappa shape index (κ2) is 8.35. The molecule has 7 nitrogen and oxygen atoms in total. The molecule has 2 aromatic carbocycles. The lowest BCUT2D eigenvalue weighted by Gasteiger charge is -2.03. The Labute approximate surface area is 167 Å². The van der Waals surface area contributed by atoms with Crippen LogP contribution in [0.3, 0.4) is 0 Å². The van der Waals surface area contributed by atoms with Crippen molar-refractivity contribution >= 4 is 28.8 Å². The Morgan fingerprint density at radius 3 is 2.79 bits per heavy atom. The van der Waals surface area contributed by atoms with E-state index in [0.29, 0.717) is 29.5 Å². The molecule has 2 heterocycles. The van der Waals surface area contributed by atoms with Crippen LogP contribution in [0.4, 0.5) is 5.82 Å². The summed E-state index contributed by atoms with van der Waals surface area (Å²) < 4.78 is 10.8. The molecule has 29 heavy (non-hydrogen) atoms. The maximum Gasteiger partial charge on any atom is 0.338 e. The van der Waals surface area contributed by atoms with E-state index in [9.17, 15) is 4.79 Å². The molecule has 0 aliphatic heterocycles. The quantitative estimate of drug-likeness (QED) is 0.298. The lowest BCUT2D eigenvalue weighted by molar-refractivity contribution is 0.0526. The van der Waals surface area contributed by atoms with E-state index in [1.165, 1.54) is 0 Å². The van der Waals surface area contributed by atoms with E-state index in [0.717, 1.165) is 16.3 Å². The van der Waals surface area contributed by atoms with E-state index in [1.54, 1.807) is 31.5 Å². The molecule has 0 saturated carbocycles. The van der Waals surface area contributed by atoms with Gasteiger partial charge in [-0.15, -0.1) is 5.10 Å². The number of aromatic nitrogens is 2. The normalized spacial score (nSPS) is 11.1. The molecule has 1 N–H and O–H groups in total. The highest BCUT2D eigenvalue weighted by Crippen LogP contribution is 2.23. The van der Waals surface area contributed by atoms with Crippen molar-refractivity contribution in [2.24, 2.45) is 5.10 Å². The van der Waals surface area contributed by atoms with Gasteiger partial charge in [-0.1, -0.05) is 36.4 Å². The molecular formula is C22H18N4O3. The van der Waals surface area contributed by atoms with Gasteiger partial charge in [-0.05, 0) is 31.2 Å². The summed E-state index contributed by atoms with van der Waals surface area (Å²) in [6, 6.07) is 18.5. The Morgan fingerprint density at radius 1 is 1.14 bits per heavy atom. The van der Waals surface area contributed by atoms with Gasteiger partial charge in [-0.2, -0.15) is 10.2 Å². The molecular weight excluding hydrogens is 368 g/mol. The third-order valence-electron chi connectivity index (χ3n) is 4.24. The zero-order valence-electron chi connectivity index (χ0n) is 15.7. The van der Waals surface area contributed by atoms with E-state index in [2.05, 4.69) is 20.7 Å². The first kappa shape index (κ1) is 18.4. The number of esters is 1. The van der Waals surface area contributed by atoms with Crippen LogP contribution in [0, 0.1) is 0 Å². The molecule has 4 aromatic rings. The van der Waals surface area contributed by atoms with Gasteiger partial charge in [0.1, 0.15) is 11.5 Å². The predicted molar refractivity (Wildman–Crippen MR) is 111 cm³/mol. The monoisotopic (exact) mass is 386 g/mol. The van der Waals surface area contributed by atoms with Crippen LogP contribution >= 0.6 is 0 Å². The molecule has 0 amide bonds. The third-order valence-corrected chi connectivity index (χ3v) is 4.24. The number of rotatable bonds is 6. The fraction of sp³-hybridized carbons (Fsp3) is 0.0909. The summed E-state index contributed by atoms with van der Waals surface area (Å²) in [6.45, 7) is 2.12. The van der Waals surface area contributed by atoms with Gasteiger partial charge in [0, 0.05) is 16.3 Å². The molecule has 0 saturated heterocycles. The molecule has 0 aliphatic carbocycles. The van der Waals surface area contributed by atoms with Crippen molar-refractivity contribution in [1.82, 2.24) is 10.2 Å². The minimum Gasteiger partial charge on any atom is -0.462 e. The highest BCUT2D eigenvalue weighted by Gasteiger charge is 2.08. The molecule has 0 radical (unpaired) electrons. The Morgan fingerprint density at radius 2 is 1.97 bits per heavy atom. The highest BCUT2D eigenvalue weighted by atomic mass is 16.5. The zero-order valence-corrected chi connectivity index (χ0v) is 15.7. The summed E-state index contributed by atoms with van der Waals surface area (Å²) in [5.74, 6) is 1.48. The number of nitrogens with zero attached hydrogens (tertiary/aromatic N) is 3. The average Bonchev–Trinajstić information content (AvgIpc) is 3.23. The van der Waals surface area contributed by atoms with Crippen molar-refractivity contribution in [3.8, 4) is 11.3 Å². The van der Waals surface area contributed by atoms with Gasteiger partial charge >= 0.3 is 5.97 Å². The van der Waals surface area contributed by atoms with Gasteiger partial charge in [0.15, 0.2) is 5.82 Å². The Hall–Kier alpha value is -4.00. The lowest BCUT2D eigenvalue weighted by Crippen LogP contribution is -2.03. The van der Waals surface area contributed by atoms with Crippen molar-refractivity contribution in [1.29, 1.82) is 0 Å². The Balaban J connectivity index is 1.46. The number of anilines is 1. The van der Waals surface area contributed by atoms with Crippen molar-refractivity contribution in [3.63, 3.8) is 0 Å². The van der Waals surface area contributed by atoms with E-state index in [1.807, 2.05) is 48.5 Å². The maximum atomic E-state index is 11.7. The number of hydrogen-bond acceptors (Lipinski definition) is 7. The molecule has 144 valence electrons. The lowest BCUT2D eigenvalue weighted by atomic mass is 10.1. The van der Waals surface area contributed by atoms with E-state index < -0.39 is 0 Å². The smallest absolute Gasteiger partial charge is 0.338 e. The largest absolute Gasteiger partial charge is 0.462 e. The molecule has 7 heteroatoms. The number of ether oxygens (including phenoxy) is 1. The minimum absolute atomic E-state index is 0.339. The van der Waals surface area contributed by atoms with E-state index >= 15 is 0 Å². The summed E-state index contributed by atoms with van der Waals surface area (Å²) in [6.07, 6.45) is 3.27. The summed E-state index contributed by atoms with van der Waals surface area (Å²) in [5, 5.41) is 14.2. The molecule has 0 unspecified atom stereocenters. The number of hydrogen-bond donors (Lipinski definition) is 1. The summed E-state index contributed by atoms with van der Waals surface area (Å²) >= 11 is 0. The third kappa shape index (κ3) is 4.14. The summed E-state index contributed by atoms with van der Waals surface area (Å²) in [4.78, 5) is 11.7. The van der Waals surface area contributed by atoms with Crippen LogP contribution in [0.25, 0.3) is 22.1 Å². The average molecular weight is 386 g/mol. The van der Waals surface area contributed by atoms with Crippen LogP contribution in [0.5, 0.6) is 0 Å². The van der Waals surface area contributed by atoms with Crippen LogP contribution in [-0.4, -0.2) is 29.0 Å². The Kier molecular flexibility index (Phi) is 5.29. The van der Waals surface area contributed by atoms with Crippen molar-refractivity contribution in [3.05, 3.63) is 78.2 Å². The van der Waals surface area contributed by atoms with Gasteiger partial charge in [0.2, 0.25) is 0 Å². The second-order valence-electron chi connectivity index (χ2n) is 6.15. The van der Waals surface area contributed by atoms with Gasteiger partial charge in [0.25, 0.3) is 0 Å². The summed E-state index contributed by atoms with van der Waals surface area (Å²) in [5.41, 5.74) is 4.26. The van der Waals surface area contributed by atoms with Crippen LogP contribution in [0.1, 0.15) is 23.0 Å². The molecule has 0 bridgehead atoms. The van der Waals surface area contributed by atoms with Crippen LogP contribution in [-0.2, 0) is 4.74 Å². The fourth-order valence-corrected chi connectivity index (χ4v) is 2.83. The molecule has 2 aromatic heterocycles. The number of fused-ring (bicyclic) bond motifs is 1. The highest BCUT2D eigenvalue weighted by molar-refractivity contribution is 5.91. The molecule has 0 aliphatic rings. The van der Waals surface area contributed by atoms with Gasteiger partial charge < -0.3 is 9.15 Å². The van der Waals surface area contributed by atoms with Crippen LogP contribution in [0.2, 0.25) is 0 Å². The zero-order chi connectivity index (χ0) is 20.1. The van der Waals surface area contributed by atoms with Crippen LogP contribution < -0.4 is 5.43 Å². The molecule has 0 atom stereocenters. The predicted octanol–water partition coefficient (Wildman–Crippen LogP) is 4.51. The number of nitrogens with one attached hydrogen (secondary N) is 1. The first-order valence-corrected chi connectivity index (χ1v) is 9.11. The second-order valence-corrected chi connectivity index (χ2v) is 6.15. The maximum absolute atomic E-state index is 11.7. The molecule has 0 spiro atoms. The number of benzene rings is 2. The van der Waals surface area contributed by atoms with Crippen molar-refractivity contribution in [2.45, 2.75) is 6.92 Å². The number of furan rings is 1. The Bertz CT molecular complexity index is 1160. The first-order valence-electron chi connectivity index (χ1n) is 9.11.